The van der Waals surface area contributed by atoms with E-state index in [0.29, 0.717) is 5.91 Å². The first kappa shape index (κ1) is 15.3. The van der Waals surface area contributed by atoms with E-state index in [0.717, 1.165) is 51.4 Å². The van der Waals surface area contributed by atoms with E-state index in [1.54, 1.807) is 0 Å². The van der Waals surface area contributed by atoms with Crippen LogP contribution in [0.15, 0.2) is 0 Å². The van der Waals surface area contributed by atoms with E-state index in [-0.39, 0.29) is 6.04 Å². The Hall–Kier alpha value is -0.610. The maximum absolute atomic E-state index is 12.5. The number of carbonyl (C=O) groups excluding carboxylic acids is 1. The summed E-state index contributed by atoms with van der Waals surface area (Å²) in [4.78, 5) is 17.2. The number of carbonyl (C=O) groups is 1. The zero-order chi connectivity index (χ0) is 14.5. The smallest absolute Gasteiger partial charge is 0.239 e. The molecule has 3 rings (SSSR count). The maximum atomic E-state index is 12.5. The first-order valence-electron chi connectivity index (χ1n) is 9.07. The van der Waals surface area contributed by atoms with Crippen LogP contribution in [0.4, 0.5) is 0 Å². The summed E-state index contributed by atoms with van der Waals surface area (Å²) in [6.45, 7) is 6.43. The van der Waals surface area contributed by atoms with Crippen molar-refractivity contribution in [2.45, 2.75) is 57.4 Å². The van der Waals surface area contributed by atoms with Crippen molar-refractivity contribution in [3.63, 3.8) is 0 Å². The highest BCUT2D eigenvalue weighted by Crippen LogP contribution is 2.24. The van der Waals surface area contributed by atoms with Crippen molar-refractivity contribution in [1.82, 2.24) is 15.1 Å². The van der Waals surface area contributed by atoms with Gasteiger partial charge in [-0.05, 0) is 51.1 Å². The summed E-state index contributed by atoms with van der Waals surface area (Å²) in [5.74, 6) is 1.27. The summed E-state index contributed by atoms with van der Waals surface area (Å²) in [5, 5.41) is 3.35. The van der Waals surface area contributed by atoms with Gasteiger partial charge in [-0.15, -0.1) is 0 Å². The van der Waals surface area contributed by atoms with Gasteiger partial charge in [-0.3, -0.25) is 4.79 Å². The lowest BCUT2D eigenvalue weighted by atomic mass is 9.89. The minimum Gasteiger partial charge on any atom is -0.340 e. The van der Waals surface area contributed by atoms with Gasteiger partial charge in [0.25, 0.3) is 0 Å². The molecule has 1 aliphatic carbocycles. The predicted molar refractivity (Wildman–Crippen MR) is 85.2 cm³/mol. The van der Waals surface area contributed by atoms with Crippen LogP contribution in [-0.2, 0) is 4.79 Å². The van der Waals surface area contributed by atoms with Crippen LogP contribution < -0.4 is 5.32 Å². The lowest BCUT2D eigenvalue weighted by Crippen LogP contribution is -2.45. The lowest BCUT2D eigenvalue weighted by Gasteiger charge is -2.29. The standard InChI is InChI=1S/C17H31N3O/c21-17(16-8-4-9-18-16)20-11-5-10-19(12-13-20)14-15-6-2-1-3-7-15/h15-16,18H,1-14H2. The van der Waals surface area contributed by atoms with Gasteiger partial charge in [0, 0.05) is 26.2 Å². The fraction of sp³-hybridized carbons (Fsp3) is 0.941. The van der Waals surface area contributed by atoms with Crippen LogP contribution >= 0.6 is 0 Å². The number of nitrogens with one attached hydrogen (secondary N) is 1. The van der Waals surface area contributed by atoms with Crippen molar-refractivity contribution in [3.05, 3.63) is 0 Å². The Bertz CT molecular complexity index is 335. The molecule has 0 spiro atoms. The molecular weight excluding hydrogens is 262 g/mol. The second kappa shape index (κ2) is 7.59. The fourth-order valence-electron chi connectivity index (χ4n) is 4.22. The van der Waals surface area contributed by atoms with Gasteiger partial charge in [0.15, 0.2) is 0 Å². The minimum absolute atomic E-state index is 0.106. The molecule has 21 heavy (non-hydrogen) atoms. The highest BCUT2D eigenvalue weighted by molar-refractivity contribution is 5.82. The Morgan fingerprint density at radius 2 is 1.76 bits per heavy atom. The minimum atomic E-state index is 0.106. The van der Waals surface area contributed by atoms with Crippen molar-refractivity contribution in [1.29, 1.82) is 0 Å². The average Bonchev–Trinajstić information content (AvgIpc) is 2.95. The van der Waals surface area contributed by atoms with Crippen LogP contribution in [0.25, 0.3) is 0 Å². The molecule has 120 valence electrons. The molecule has 1 saturated carbocycles. The van der Waals surface area contributed by atoms with Gasteiger partial charge >= 0.3 is 0 Å². The van der Waals surface area contributed by atoms with Crippen molar-refractivity contribution in [2.75, 3.05) is 39.3 Å². The highest BCUT2D eigenvalue weighted by Gasteiger charge is 2.28. The van der Waals surface area contributed by atoms with Crippen molar-refractivity contribution in [3.8, 4) is 0 Å². The molecule has 1 amide bonds. The third kappa shape index (κ3) is 4.19. The summed E-state index contributed by atoms with van der Waals surface area (Å²) in [5.41, 5.74) is 0. The SMILES string of the molecule is O=C(C1CCCN1)N1CCCN(CC2CCCCC2)CC1. The van der Waals surface area contributed by atoms with Crippen molar-refractivity contribution >= 4 is 5.91 Å². The van der Waals surface area contributed by atoms with E-state index in [4.69, 9.17) is 0 Å². The molecule has 4 heteroatoms. The van der Waals surface area contributed by atoms with Gasteiger partial charge in [-0.25, -0.2) is 0 Å². The zero-order valence-corrected chi connectivity index (χ0v) is 13.4. The van der Waals surface area contributed by atoms with Crippen LogP contribution in [0.5, 0.6) is 0 Å². The topological polar surface area (TPSA) is 35.6 Å². The van der Waals surface area contributed by atoms with Gasteiger partial charge < -0.3 is 15.1 Å². The van der Waals surface area contributed by atoms with Crippen LogP contribution in [0, 0.1) is 5.92 Å². The Morgan fingerprint density at radius 1 is 0.905 bits per heavy atom. The molecule has 0 aromatic heterocycles. The summed E-state index contributed by atoms with van der Waals surface area (Å²) in [6, 6.07) is 0.106. The molecule has 2 aliphatic heterocycles. The normalized spacial score (nSPS) is 29.5. The number of hydrogen-bond acceptors (Lipinski definition) is 3. The number of nitrogens with zero attached hydrogens (tertiary/aromatic N) is 2. The summed E-state index contributed by atoms with van der Waals surface area (Å²) >= 11 is 0. The van der Waals surface area contributed by atoms with E-state index >= 15 is 0 Å². The van der Waals surface area contributed by atoms with Crippen molar-refractivity contribution in [2.24, 2.45) is 5.92 Å². The molecule has 3 aliphatic rings. The monoisotopic (exact) mass is 293 g/mol. The second-order valence-corrected chi connectivity index (χ2v) is 7.13. The van der Waals surface area contributed by atoms with Gasteiger partial charge in [0.05, 0.1) is 6.04 Å². The van der Waals surface area contributed by atoms with Crippen LogP contribution in [-0.4, -0.2) is 61.0 Å². The Morgan fingerprint density at radius 3 is 2.52 bits per heavy atom. The Kier molecular flexibility index (Phi) is 5.53. The van der Waals surface area contributed by atoms with Crippen LogP contribution in [0.2, 0.25) is 0 Å². The molecule has 1 N–H and O–H groups in total. The van der Waals surface area contributed by atoms with E-state index in [2.05, 4.69) is 15.1 Å². The van der Waals surface area contributed by atoms with E-state index in [9.17, 15) is 4.79 Å². The largest absolute Gasteiger partial charge is 0.340 e. The van der Waals surface area contributed by atoms with Gasteiger partial charge in [0.2, 0.25) is 5.91 Å². The quantitative estimate of drug-likeness (QED) is 0.862. The molecule has 2 saturated heterocycles. The predicted octanol–water partition coefficient (Wildman–Crippen LogP) is 1.85. The van der Waals surface area contributed by atoms with E-state index in [1.165, 1.54) is 45.2 Å². The van der Waals surface area contributed by atoms with Crippen LogP contribution in [0.1, 0.15) is 51.4 Å². The molecule has 0 aromatic rings. The molecule has 0 aromatic carbocycles. The molecular formula is C17H31N3O. The number of amides is 1. The molecule has 4 nitrogen and oxygen atoms in total. The van der Waals surface area contributed by atoms with Gasteiger partial charge in [-0.1, -0.05) is 19.3 Å². The molecule has 1 unspecified atom stereocenters. The van der Waals surface area contributed by atoms with Crippen molar-refractivity contribution < 1.29 is 4.79 Å². The lowest BCUT2D eigenvalue weighted by molar-refractivity contribution is -0.132. The van der Waals surface area contributed by atoms with Gasteiger partial charge in [-0.2, -0.15) is 0 Å². The van der Waals surface area contributed by atoms with E-state index < -0.39 is 0 Å². The van der Waals surface area contributed by atoms with Crippen LogP contribution in [0.3, 0.4) is 0 Å². The number of rotatable bonds is 3. The molecule has 0 radical (unpaired) electrons. The van der Waals surface area contributed by atoms with Gasteiger partial charge in [0.1, 0.15) is 0 Å². The molecule has 2 heterocycles. The molecule has 0 bridgehead atoms. The average molecular weight is 293 g/mol. The third-order valence-electron chi connectivity index (χ3n) is 5.50. The third-order valence-corrected chi connectivity index (χ3v) is 5.50. The first-order chi connectivity index (χ1) is 10.3. The Balaban J connectivity index is 1.45. The second-order valence-electron chi connectivity index (χ2n) is 7.13. The summed E-state index contributed by atoms with van der Waals surface area (Å²) in [6.07, 6.45) is 10.5. The van der Waals surface area contributed by atoms with E-state index in [1.807, 2.05) is 0 Å². The molecule has 1 atom stereocenters. The number of hydrogen-bond donors (Lipinski definition) is 1. The summed E-state index contributed by atoms with van der Waals surface area (Å²) in [7, 11) is 0. The maximum Gasteiger partial charge on any atom is 0.239 e. The fourth-order valence-corrected chi connectivity index (χ4v) is 4.22. The zero-order valence-electron chi connectivity index (χ0n) is 13.4. The Labute approximate surface area is 129 Å². The molecule has 3 fully saturated rings. The first-order valence-corrected chi connectivity index (χ1v) is 9.07. The summed E-state index contributed by atoms with van der Waals surface area (Å²) < 4.78 is 0. The highest BCUT2D eigenvalue weighted by atomic mass is 16.2.